The predicted molar refractivity (Wildman–Crippen MR) is 128 cm³/mol. The van der Waals surface area contributed by atoms with E-state index < -0.39 is 17.7 Å². The number of carbonyl (C=O) groups excluding carboxylic acids is 2. The van der Waals surface area contributed by atoms with Gasteiger partial charge in [-0.1, -0.05) is 26.0 Å². The first-order valence-electron chi connectivity index (χ1n) is 10.9. The van der Waals surface area contributed by atoms with Crippen LogP contribution in [0.4, 0.5) is 0 Å². The second kappa shape index (κ2) is 10.3. The third kappa shape index (κ3) is 5.22. The van der Waals surface area contributed by atoms with Crippen molar-refractivity contribution in [1.82, 2.24) is 9.80 Å². The van der Waals surface area contributed by atoms with Gasteiger partial charge in [-0.05, 0) is 69.0 Å². The SMILES string of the molecule is Cc1ccsc1C1/C(=C(/O)c2cccc(OCC(C)C)c2)C(=O)C(=O)N1CCCN(C)C. The number of aliphatic hydroxyl groups is 1. The van der Waals surface area contributed by atoms with E-state index in [9.17, 15) is 14.7 Å². The van der Waals surface area contributed by atoms with Crippen LogP contribution < -0.4 is 4.74 Å². The normalized spacial score (nSPS) is 18.2. The highest BCUT2D eigenvalue weighted by molar-refractivity contribution is 7.10. The number of likely N-dealkylation sites (tertiary alicyclic amines) is 1. The lowest BCUT2D eigenvalue weighted by Gasteiger charge is -2.25. The molecule has 1 N–H and O–H groups in total. The van der Waals surface area contributed by atoms with Gasteiger partial charge in [0.15, 0.2) is 0 Å². The van der Waals surface area contributed by atoms with Crippen LogP contribution >= 0.6 is 11.3 Å². The van der Waals surface area contributed by atoms with Gasteiger partial charge in [0, 0.05) is 17.0 Å². The maximum atomic E-state index is 13.1. The van der Waals surface area contributed by atoms with E-state index >= 15 is 0 Å². The van der Waals surface area contributed by atoms with E-state index in [4.69, 9.17) is 4.74 Å². The summed E-state index contributed by atoms with van der Waals surface area (Å²) < 4.78 is 5.79. The van der Waals surface area contributed by atoms with Gasteiger partial charge in [-0.15, -0.1) is 11.3 Å². The molecule has 0 radical (unpaired) electrons. The first-order chi connectivity index (χ1) is 15.2. The molecular formula is C25H32N2O4S. The monoisotopic (exact) mass is 456 g/mol. The lowest BCUT2D eigenvalue weighted by Crippen LogP contribution is -2.32. The molecular weight excluding hydrogens is 424 g/mol. The van der Waals surface area contributed by atoms with Crippen molar-refractivity contribution in [3.63, 3.8) is 0 Å². The fraction of sp³-hybridized carbons (Fsp3) is 0.440. The number of ketones is 1. The summed E-state index contributed by atoms with van der Waals surface area (Å²) in [5.41, 5.74) is 1.61. The number of hydrogen-bond acceptors (Lipinski definition) is 6. The number of thiophene rings is 1. The quantitative estimate of drug-likeness (QED) is 0.343. The second-order valence-corrected chi connectivity index (χ2v) is 9.80. The molecule has 0 aliphatic carbocycles. The van der Waals surface area contributed by atoms with Crippen LogP contribution in [0.3, 0.4) is 0 Å². The number of Topliss-reactive ketones (excluding diaryl/α,β-unsaturated/α-hetero) is 1. The Morgan fingerprint density at radius 3 is 2.62 bits per heavy atom. The average Bonchev–Trinajstić information content (AvgIpc) is 3.27. The highest BCUT2D eigenvalue weighted by Crippen LogP contribution is 2.42. The van der Waals surface area contributed by atoms with Crippen molar-refractivity contribution in [2.24, 2.45) is 5.92 Å². The average molecular weight is 457 g/mol. The third-order valence-electron chi connectivity index (χ3n) is 5.39. The summed E-state index contributed by atoms with van der Waals surface area (Å²) in [5.74, 6) is -0.381. The summed E-state index contributed by atoms with van der Waals surface area (Å²) in [6, 6.07) is 8.44. The van der Waals surface area contributed by atoms with Crippen molar-refractivity contribution in [2.75, 3.05) is 33.8 Å². The molecule has 2 aromatic rings. The van der Waals surface area contributed by atoms with Crippen molar-refractivity contribution in [3.8, 4) is 5.75 Å². The van der Waals surface area contributed by atoms with E-state index in [0.29, 0.717) is 30.4 Å². The van der Waals surface area contributed by atoms with E-state index in [1.165, 1.54) is 11.3 Å². The third-order valence-corrected chi connectivity index (χ3v) is 6.46. The molecule has 1 unspecified atom stereocenters. The smallest absolute Gasteiger partial charge is 0.295 e. The number of aryl methyl sites for hydroxylation is 1. The lowest BCUT2D eigenvalue weighted by atomic mass is 9.98. The molecule has 1 amide bonds. The molecule has 1 aromatic carbocycles. The van der Waals surface area contributed by atoms with E-state index in [0.717, 1.165) is 23.4 Å². The lowest BCUT2D eigenvalue weighted by molar-refractivity contribution is -0.139. The van der Waals surface area contributed by atoms with Crippen molar-refractivity contribution in [3.05, 3.63) is 57.3 Å². The van der Waals surface area contributed by atoms with Crippen LogP contribution in [0.5, 0.6) is 5.75 Å². The molecule has 0 spiro atoms. The van der Waals surface area contributed by atoms with E-state index in [-0.39, 0.29) is 11.3 Å². The number of nitrogens with zero attached hydrogens (tertiary/aromatic N) is 2. The molecule has 2 heterocycles. The zero-order chi connectivity index (χ0) is 23.4. The first kappa shape index (κ1) is 24.0. The van der Waals surface area contributed by atoms with Crippen LogP contribution in [0, 0.1) is 12.8 Å². The Bertz CT molecular complexity index is 1010. The highest BCUT2D eigenvalue weighted by atomic mass is 32.1. The van der Waals surface area contributed by atoms with Crippen LogP contribution in [-0.4, -0.2) is 60.4 Å². The Kier molecular flexibility index (Phi) is 7.74. The van der Waals surface area contributed by atoms with Gasteiger partial charge in [-0.3, -0.25) is 9.59 Å². The predicted octanol–water partition coefficient (Wildman–Crippen LogP) is 4.46. The van der Waals surface area contributed by atoms with Gasteiger partial charge in [0.05, 0.1) is 18.2 Å². The van der Waals surface area contributed by atoms with E-state index in [1.54, 1.807) is 23.1 Å². The van der Waals surface area contributed by atoms with Crippen LogP contribution in [0.1, 0.15) is 42.3 Å². The molecule has 1 atom stereocenters. The summed E-state index contributed by atoms with van der Waals surface area (Å²) in [6.07, 6.45) is 0.736. The number of carbonyl (C=O) groups is 2. The number of hydrogen-bond donors (Lipinski definition) is 1. The van der Waals surface area contributed by atoms with Crippen molar-refractivity contribution in [2.45, 2.75) is 33.2 Å². The van der Waals surface area contributed by atoms with Gasteiger partial charge < -0.3 is 19.6 Å². The molecule has 1 aliphatic rings. The van der Waals surface area contributed by atoms with Crippen molar-refractivity contribution >= 4 is 28.8 Å². The summed E-state index contributed by atoms with van der Waals surface area (Å²) in [6.45, 7) is 7.88. The molecule has 1 fully saturated rings. The fourth-order valence-corrected chi connectivity index (χ4v) is 4.80. The zero-order valence-electron chi connectivity index (χ0n) is 19.4. The Labute approximate surface area is 194 Å². The maximum absolute atomic E-state index is 13.1. The van der Waals surface area contributed by atoms with Crippen LogP contribution in [-0.2, 0) is 9.59 Å². The Morgan fingerprint density at radius 2 is 2.00 bits per heavy atom. The molecule has 172 valence electrons. The van der Waals surface area contributed by atoms with Crippen LogP contribution in [0.15, 0.2) is 41.3 Å². The minimum atomic E-state index is -0.640. The number of benzene rings is 1. The van der Waals surface area contributed by atoms with Gasteiger partial charge >= 0.3 is 0 Å². The molecule has 7 heteroatoms. The van der Waals surface area contributed by atoms with E-state index in [2.05, 4.69) is 13.8 Å². The Hall–Kier alpha value is -2.64. The number of ether oxygens (including phenoxy) is 1. The topological polar surface area (TPSA) is 70.1 Å². The van der Waals surface area contributed by atoms with Crippen LogP contribution in [0.25, 0.3) is 5.76 Å². The molecule has 1 aliphatic heterocycles. The number of aliphatic hydroxyl groups excluding tert-OH is 1. The van der Waals surface area contributed by atoms with Crippen molar-refractivity contribution in [1.29, 1.82) is 0 Å². The Balaban J connectivity index is 2.03. The molecule has 0 saturated carbocycles. The summed E-state index contributed by atoms with van der Waals surface area (Å²) in [7, 11) is 3.95. The van der Waals surface area contributed by atoms with Gasteiger partial charge in [0.25, 0.3) is 11.7 Å². The molecule has 3 rings (SSSR count). The minimum absolute atomic E-state index is 0.145. The van der Waals surface area contributed by atoms with Gasteiger partial charge in [0.2, 0.25) is 0 Å². The van der Waals surface area contributed by atoms with Crippen LogP contribution in [0.2, 0.25) is 0 Å². The summed E-state index contributed by atoms with van der Waals surface area (Å²) >= 11 is 1.50. The molecule has 0 bridgehead atoms. The highest BCUT2D eigenvalue weighted by Gasteiger charge is 2.46. The van der Waals surface area contributed by atoms with Gasteiger partial charge in [-0.2, -0.15) is 0 Å². The molecule has 1 aromatic heterocycles. The molecule has 6 nitrogen and oxygen atoms in total. The second-order valence-electron chi connectivity index (χ2n) is 8.85. The largest absolute Gasteiger partial charge is 0.507 e. The number of amides is 1. The zero-order valence-corrected chi connectivity index (χ0v) is 20.2. The summed E-state index contributed by atoms with van der Waals surface area (Å²) in [4.78, 5) is 30.6. The maximum Gasteiger partial charge on any atom is 0.295 e. The first-order valence-corrected chi connectivity index (χ1v) is 11.8. The van der Waals surface area contributed by atoms with Gasteiger partial charge in [0.1, 0.15) is 11.5 Å². The minimum Gasteiger partial charge on any atom is -0.507 e. The van der Waals surface area contributed by atoms with Gasteiger partial charge in [-0.25, -0.2) is 0 Å². The van der Waals surface area contributed by atoms with E-state index in [1.807, 2.05) is 43.4 Å². The summed E-state index contributed by atoms with van der Waals surface area (Å²) in [5, 5.41) is 13.2. The molecule has 32 heavy (non-hydrogen) atoms. The number of rotatable bonds is 9. The Morgan fingerprint density at radius 1 is 1.25 bits per heavy atom. The molecule has 1 saturated heterocycles. The van der Waals surface area contributed by atoms with Crippen molar-refractivity contribution < 1.29 is 19.4 Å². The fourth-order valence-electron chi connectivity index (χ4n) is 3.76. The standard InChI is InChI=1S/C25H32N2O4S/c1-16(2)15-31-19-9-6-8-18(14-19)22(28)20-21(24-17(3)10-13-32-24)27(25(30)23(20)29)12-7-11-26(4)5/h6,8-10,13-14,16,21,28H,7,11-12,15H2,1-5H3/b22-20-.